The molecular weight excluding hydrogens is 278 g/mol. The fourth-order valence-corrected chi connectivity index (χ4v) is 3.02. The van der Waals surface area contributed by atoms with Gasteiger partial charge in [0.05, 0.1) is 12.2 Å². The predicted octanol–water partition coefficient (Wildman–Crippen LogP) is 4.06. The average molecular weight is 297 g/mol. The van der Waals surface area contributed by atoms with Gasteiger partial charge in [0.1, 0.15) is 5.65 Å². The first-order valence-corrected chi connectivity index (χ1v) is 7.85. The highest BCUT2D eigenvalue weighted by Crippen LogP contribution is 2.19. The molecule has 3 nitrogen and oxygen atoms in total. The highest BCUT2D eigenvalue weighted by molar-refractivity contribution is 7.97. The minimum Gasteiger partial charge on any atom is -0.307 e. The molecule has 0 aliphatic rings. The van der Waals surface area contributed by atoms with E-state index in [2.05, 4.69) is 65.3 Å². The minimum atomic E-state index is 0.749. The van der Waals surface area contributed by atoms with Crippen LogP contribution in [0.3, 0.4) is 0 Å². The van der Waals surface area contributed by atoms with Gasteiger partial charge in [0.15, 0.2) is 0 Å². The average Bonchev–Trinajstić information content (AvgIpc) is 2.87. The summed E-state index contributed by atoms with van der Waals surface area (Å²) < 4.78 is 5.46. The lowest BCUT2D eigenvalue weighted by Gasteiger charge is -2.05. The van der Waals surface area contributed by atoms with Crippen LogP contribution >= 0.6 is 11.9 Å². The third-order valence-corrected chi connectivity index (χ3v) is 4.43. The van der Waals surface area contributed by atoms with Gasteiger partial charge in [-0.25, -0.2) is 4.98 Å². The maximum atomic E-state index is 4.66. The Morgan fingerprint density at radius 2 is 1.95 bits per heavy atom. The lowest BCUT2D eigenvalue weighted by molar-refractivity contribution is 0.936. The zero-order valence-electron chi connectivity index (χ0n) is 12.6. The lowest BCUT2D eigenvalue weighted by Crippen LogP contribution is -2.03. The number of aromatic nitrogens is 2. The number of hydrogen-bond acceptors (Lipinski definition) is 3. The lowest BCUT2D eigenvalue weighted by atomic mass is 10.1. The van der Waals surface area contributed by atoms with Crippen molar-refractivity contribution in [2.75, 3.05) is 0 Å². The third-order valence-electron chi connectivity index (χ3n) is 3.65. The van der Waals surface area contributed by atoms with Gasteiger partial charge in [-0.05, 0) is 67.6 Å². The Morgan fingerprint density at radius 3 is 2.71 bits per heavy atom. The first kappa shape index (κ1) is 14.2. The molecule has 21 heavy (non-hydrogen) atoms. The second-order valence-corrected chi connectivity index (χ2v) is 6.29. The van der Waals surface area contributed by atoms with Gasteiger partial charge in [-0.1, -0.05) is 12.1 Å². The molecule has 0 saturated carbocycles. The van der Waals surface area contributed by atoms with Crippen LogP contribution in [0.2, 0.25) is 0 Å². The molecule has 108 valence electrons. The summed E-state index contributed by atoms with van der Waals surface area (Å²) in [4.78, 5) is 5.90. The first-order valence-electron chi connectivity index (χ1n) is 7.03. The third kappa shape index (κ3) is 3.12. The van der Waals surface area contributed by atoms with E-state index in [1.165, 1.54) is 21.6 Å². The van der Waals surface area contributed by atoms with Gasteiger partial charge in [0.2, 0.25) is 0 Å². The summed E-state index contributed by atoms with van der Waals surface area (Å²) in [6, 6.07) is 10.6. The fourth-order valence-electron chi connectivity index (χ4n) is 2.26. The van der Waals surface area contributed by atoms with Crippen LogP contribution in [0.25, 0.3) is 5.65 Å². The molecule has 0 atom stereocenters. The molecule has 0 fully saturated rings. The molecule has 4 heteroatoms. The van der Waals surface area contributed by atoms with Crippen molar-refractivity contribution in [1.82, 2.24) is 14.1 Å². The molecule has 0 spiro atoms. The van der Waals surface area contributed by atoms with E-state index in [0.29, 0.717) is 0 Å². The molecule has 1 N–H and O–H groups in total. The van der Waals surface area contributed by atoms with E-state index < -0.39 is 0 Å². The largest absolute Gasteiger partial charge is 0.307 e. The molecule has 3 rings (SSSR count). The van der Waals surface area contributed by atoms with Gasteiger partial charge in [-0.3, -0.25) is 4.72 Å². The van der Waals surface area contributed by atoms with Crippen molar-refractivity contribution in [2.45, 2.75) is 32.2 Å². The number of nitrogens with one attached hydrogen (secondary N) is 1. The number of nitrogens with zero attached hydrogens (tertiary/aromatic N) is 2. The Morgan fingerprint density at radius 1 is 1.10 bits per heavy atom. The van der Waals surface area contributed by atoms with E-state index in [-0.39, 0.29) is 0 Å². The van der Waals surface area contributed by atoms with Crippen molar-refractivity contribution in [1.29, 1.82) is 0 Å². The van der Waals surface area contributed by atoms with E-state index in [0.717, 1.165) is 17.9 Å². The maximum absolute atomic E-state index is 4.66. The summed E-state index contributed by atoms with van der Waals surface area (Å²) in [5.41, 5.74) is 5.94. The van der Waals surface area contributed by atoms with Crippen LogP contribution in [0, 0.1) is 20.8 Å². The number of aryl methyl sites for hydroxylation is 3. The van der Waals surface area contributed by atoms with Crippen LogP contribution in [-0.4, -0.2) is 9.38 Å². The molecule has 3 aromatic rings. The summed E-state index contributed by atoms with van der Waals surface area (Å²) in [5.74, 6) is 0. The van der Waals surface area contributed by atoms with Crippen molar-refractivity contribution in [3.8, 4) is 0 Å². The summed E-state index contributed by atoms with van der Waals surface area (Å²) in [5, 5.41) is 0. The van der Waals surface area contributed by atoms with Crippen molar-refractivity contribution >= 4 is 17.6 Å². The Kier molecular flexibility index (Phi) is 3.99. The van der Waals surface area contributed by atoms with Crippen LogP contribution in [-0.2, 0) is 6.54 Å². The van der Waals surface area contributed by atoms with E-state index >= 15 is 0 Å². The van der Waals surface area contributed by atoms with E-state index in [1.54, 1.807) is 11.9 Å². The Labute approximate surface area is 129 Å². The van der Waals surface area contributed by atoms with Crippen LogP contribution in [0.5, 0.6) is 0 Å². The van der Waals surface area contributed by atoms with Gasteiger partial charge in [0.25, 0.3) is 0 Å². The number of fused-ring (bicyclic) bond motifs is 1. The monoisotopic (exact) mass is 297 g/mol. The Balaban J connectivity index is 1.66. The molecule has 1 aromatic carbocycles. The zero-order valence-corrected chi connectivity index (χ0v) is 13.4. The fraction of sp³-hybridized carbons (Fsp3) is 0.235. The molecule has 2 heterocycles. The second-order valence-electron chi connectivity index (χ2n) is 5.32. The van der Waals surface area contributed by atoms with Crippen LogP contribution in [0.4, 0.5) is 0 Å². The molecule has 0 bridgehead atoms. The topological polar surface area (TPSA) is 29.3 Å². The quantitative estimate of drug-likeness (QED) is 0.736. The number of rotatable bonds is 4. The summed E-state index contributed by atoms with van der Waals surface area (Å²) >= 11 is 1.65. The number of hydrogen-bond donors (Lipinski definition) is 1. The SMILES string of the molecule is Cc1ccc(SNCc2cn3cccc(C)c3n2)cc1C. The number of benzene rings is 1. The molecule has 2 aromatic heterocycles. The molecule has 0 aliphatic carbocycles. The smallest absolute Gasteiger partial charge is 0.139 e. The predicted molar refractivity (Wildman–Crippen MR) is 88.5 cm³/mol. The van der Waals surface area contributed by atoms with Gasteiger partial charge in [-0.15, -0.1) is 0 Å². The minimum absolute atomic E-state index is 0.749. The van der Waals surface area contributed by atoms with Gasteiger partial charge < -0.3 is 4.40 Å². The van der Waals surface area contributed by atoms with Crippen molar-refractivity contribution < 1.29 is 0 Å². The molecule has 0 saturated heterocycles. The van der Waals surface area contributed by atoms with Crippen molar-refractivity contribution in [3.05, 3.63) is 65.1 Å². The van der Waals surface area contributed by atoms with E-state index in [9.17, 15) is 0 Å². The Bertz CT molecular complexity index is 777. The zero-order chi connectivity index (χ0) is 14.8. The van der Waals surface area contributed by atoms with Crippen LogP contribution < -0.4 is 4.72 Å². The van der Waals surface area contributed by atoms with Gasteiger partial charge in [0, 0.05) is 17.3 Å². The number of imidazole rings is 1. The van der Waals surface area contributed by atoms with Gasteiger partial charge in [-0.2, -0.15) is 0 Å². The number of pyridine rings is 1. The summed E-state index contributed by atoms with van der Waals surface area (Å²) in [6.07, 6.45) is 4.12. The van der Waals surface area contributed by atoms with E-state index in [1.807, 2.05) is 12.3 Å². The Hall–Kier alpha value is -1.78. The van der Waals surface area contributed by atoms with Crippen molar-refractivity contribution in [3.63, 3.8) is 0 Å². The maximum Gasteiger partial charge on any atom is 0.139 e. The molecule has 0 amide bonds. The molecule has 0 radical (unpaired) electrons. The normalized spacial score (nSPS) is 11.2. The van der Waals surface area contributed by atoms with Crippen molar-refractivity contribution in [2.24, 2.45) is 0 Å². The standard InChI is InChI=1S/C17H19N3S/c1-12-6-7-16(9-14(12)3)21-18-10-15-11-20-8-4-5-13(2)17(20)19-15/h4-9,11,18H,10H2,1-3H3. The van der Waals surface area contributed by atoms with E-state index in [4.69, 9.17) is 0 Å². The first-order chi connectivity index (χ1) is 10.1. The molecule has 0 unspecified atom stereocenters. The molecular formula is C17H19N3S. The highest BCUT2D eigenvalue weighted by atomic mass is 32.2. The van der Waals surface area contributed by atoms with Crippen LogP contribution in [0.15, 0.2) is 47.6 Å². The summed E-state index contributed by atoms with van der Waals surface area (Å²) in [7, 11) is 0. The molecule has 0 aliphatic heterocycles. The van der Waals surface area contributed by atoms with Gasteiger partial charge >= 0.3 is 0 Å². The summed E-state index contributed by atoms with van der Waals surface area (Å²) in [6.45, 7) is 7.11. The highest BCUT2D eigenvalue weighted by Gasteiger charge is 2.04. The second kappa shape index (κ2) is 5.92. The van der Waals surface area contributed by atoms with Crippen LogP contribution in [0.1, 0.15) is 22.4 Å².